The largest absolute Gasteiger partial charge is 0.436 e. The summed E-state index contributed by atoms with van der Waals surface area (Å²) < 4.78 is 17.2. The predicted molar refractivity (Wildman–Crippen MR) is 130 cm³/mol. The zero-order chi connectivity index (χ0) is 23.3. The van der Waals surface area contributed by atoms with Gasteiger partial charge in [-0.2, -0.15) is 0 Å². The summed E-state index contributed by atoms with van der Waals surface area (Å²) in [5, 5.41) is 3.18. The minimum absolute atomic E-state index is 0.122. The fraction of sp³-hybridized carbons (Fsp3) is 0.407. The molecule has 1 aromatic heterocycles. The van der Waals surface area contributed by atoms with Crippen LogP contribution in [-0.4, -0.2) is 67.9 Å². The Morgan fingerprint density at radius 1 is 1.09 bits per heavy atom. The number of morpholine rings is 1. The van der Waals surface area contributed by atoms with Gasteiger partial charge in [-0.15, -0.1) is 0 Å². The summed E-state index contributed by atoms with van der Waals surface area (Å²) in [4.78, 5) is 20.2. The summed E-state index contributed by atoms with van der Waals surface area (Å²) >= 11 is 0. The molecule has 1 amide bonds. The summed E-state index contributed by atoms with van der Waals surface area (Å²) in [6, 6.07) is 15.8. The normalized spacial score (nSPS) is 19.7. The molecule has 2 aliphatic rings. The summed E-state index contributed by atoms with van der Waals surface area (Å²) in [5.74, 6) is 1.41. The van der Waals surface area contributed by atoms with Gasteiger partial charge in [-0.05, 0) is 25.5 Å². The van der Waals surface area contributed by atoms with Crippen molar-refractivity contribution in [1.29, 1.82) is 0 Å². The Balaban J connectivity index is 1.32. The zero-order valence-electron chi connectivity index (χ0n) is 19.5. The zero-order valence-corrected chi connectivity index (χ0v) is 19.5. The number of aryl methyl sites for hydroxylation is 1. The number of oxazole rings is 1. The SMILES string of the molecule is Cc1ccc(-c2cnc(-c3ccccc3C(=O)NCC(C3CCOC3)N3CCOCC3)o2)cc1. The van der Waals surface area contributed by atoms with Crippen molar-refractivity contribution in [3.05, 3.63) is 65.9 Å². The van der Waals surface area contributed by atoms with Gasteiger partial charge < -0.3 is 19.2 Å². The average molecular weight is 462 g/mol. The van der Waals surface area contributed by atoms with E-state index in [0.717, 1.165) is 51.5 Å². The maximum atomic E-state index is 13.3. The van der Waals surface area contributed by atoms with E-state index in [4.69, 9.17) is 13.9 Å². The smallest absolute Gasteiger partial charge is 0.252 e. The fourth-order valence-electron chi connectivity index (χ4n) is 4.77. The van der Waals surface area contributed by atoms with Gasteiger partial charge in [-0.3, -0.25) is 9.69 Å². The summed E-state index contributed by atoms with van der Waals surface area (Å²) in [5.41, 5.74) is 3.39. The van der Waals surface area contributed by atoms with Gasteiger partial charge in [0, 0.05) is 49.3 Å². The van der Waals surface area contributed by atoms with Gasteiger partial charge in [0.1, 0.15) is 0 Å². The van der Waals surface area contributed by atoms with E-state index in [1.807, 2.05) is 55.5 Å². The van der Waals surface area contributed by atoms with E-state index < -0.39 is 0 Å². The number of rotatable bonds is 7. The Morgan fingerprint density at radius 2 is 1.88 bits per heavy atom. The first-order valence-corrected chi connectivity index (χ1v) is 12.0. The highest BCUT2D eigenvalue weighted by Gasteiger charge is 2.32. The van der Waals surface area contributed by atoms with Crippen molar-refractivity contribution in [1.82, 2.24) is 15.2 Å². The monoisotopic (exact) mass is 461 g/mol. The van der Waals surface area contributed by atoms with Crippen LogP contribution in [0.5, 0.6) is 0 Å². The lowest BCUT2D eigenvalue weighted by atomic mass is 9.96. The second-order valence-electron chi connectivity index (χ2n) is 8.99. The molecule has 0 saturated carbocycles. The number of aromatic nitrogens is 1. The molecule has 3 aromatic rings. The van der Waals surface area contributed by atoms with Gasteiger partial charge in [0.2, 0.25) is 5.89 Å². The number of carbonyl (C=O) groups excluding carboxylic acids is 1. The number of hydrogen-bond donors (Lipinski definition) is 1. The van der Waals surface area contributed by atoms with E-state index in [-0.39, 0.29) is 11.9 Å². The third kappa shape index (κ3) is 5.06. The van der Waals surface area contributed by atoms with Crippen molar-refractivity contribution >= 4 is 5.91 Å². The quantitative estimate of drug-likeness (QED) is 0.577. The molecule has 3 heterocycles. The summed E-state index contributed by atoms with van der Waals surface area (Å²) in [6.07, 6.45) is 2.73. The van der Waals surface area contributed by atoms with E-state index in [1.54, 1.807) is 6.20 Å². The molecule has 0 aliphatic carbocycles. The lowest BCUT2D eigenvalue weighted by Crippen LogP contribution is -2.52. The van der Waals surface area contributed by atoms with E-state index in [9.17, 15) is 4.79 Å². The molecule has 0 radical (unpaired) electrons. The Hall–Kier alpha value is -3.00. The van der Waals surface area contributed by atoms with Gasteiger partial charge in [0.05, 0.1) is 31.6 Å². The Bertz CT molecular complexity index is 1100. The van der Waals surface area contributed by atoms with Crippen LogP contribution in [0.2, 0.25) is 0 Å². The van der Waals surface area contributed by atoms with Gasteiger partial charge in [0.15, 0.2) is 5.76 Å². The molecule has 2 fully saturated rings. The molecule has 0 bridgehead atoms. The predicted octanol–water partition coefficient (Wildman–Crippen LogP) is 3.78. The molecule has 2 aromatic carbocycles. The highest BCUT2D eigenvalue weighted by molar-refractivity contribution is 6.00. The van der Waals surface area contributed by atoms with Crippen LogP contribution >= 0.6 is 0 Å². The first-order valence-electron chi connectivity index (χ1n) is 12.0. The minimum atomic E-state index is -0.122. The average Bonchev–Trinajstić information content (AvgIpc) is 3.58. The number of amides is 1. The number of ether oxygens (including phenoxy) is 2. The van der Waals surface area contributed by atoms with Crippen LogP contribution in [0.4, 0.5) is 0 Å². The number of benzene rings is 2. The van der Waals surface area contributed by atoms with Crippen molar-refractivity contribution in [3.8, 4) is 22.8 Å². The second kappa shape index (κ2) is 10.5. The molecular formula is C27H31N3O4. The van der Waals surface area contributed by atoms with Crippen molar-refractivity contribution in [2.45, 2.75) is 19.4 Å². The molecule has 2 saturated heterocycles. The van der Waals surface area contributed by atoms with Crippen LogP contribution in [0.1, 0.15) is 22.3 Å². The number of carbonyl (C=O) groups is 1. The fourth-order valence-corrected chi connectivity index (χ4v) is 4.77. The van der Waals surface area contributed by atoms with E-state index in [2.05, 4.69) is 15.2 Å². The third-order valence-electron chi connectivity index (χ3n) is 6.74. The van der Waals surface area contributed by atoms with Crippen LogP contribution in [0, 0.1) is 12.8 Å². The second-order valence-corrected chi connectivity index (χ2v) is 8.99. The number of nitrogens with zero attached hydrogens (tertiary/aromatic N) is 2. The van der Waals surface area contributed by atoms with Gasteiger partial charge in [-0.1, -0.05) is 42.0 Å². The third-order valence-corrected chi connectivity index (χ3v) is 6.74. The minimum Gasteiger partial charge on any atom is -0.436 e. The van der Waals surface area contributed by atoms with Crippen LogP contribution in [0.25, 0.3) is 22.8 Å². The standard InChI is InChI=1S/C27H31N3O4/c1-19-6-8-20(9-7-19)25-17-29-27(34-25)23-5-3-2-4-22(23)26(31)28-16-24(21-10-13-33-18-21)30-11-14-32-15-12-30/h2-9,17,21,24H,10-16,18H2,1H3,(H,28,31). The van der Waals surface area contributed by atoms with Gasteiger partial charge in [0.25, 0.3) is 5.91 Å². The van der Waals surface area contributed by atoms with Crippen molar-refractivity contribution in [3.63, 3.8) is 0 Å². The van der Waals surface area contributed by atoms with Crippen molar-refractivity contribution in [2.24, 2.45) is 5.92 Å². The highest BCUT2D eigenvalue weighted by Crippen LogP contribution is 2.29. The molecule has 2 unspecified atom stereocenters. The lowest BCUT2D eigenvalue weighted by Gasteiger charge is -2.37. The van der Waals surface area contributed by atoms with Crippen LogP contribution in [0.15, 0.2) is 59.1 Å². The molecule has 2 atom stereocenters. The molecule has 34 heavy (non-hydrogen) atoms. The van der Waals surface area contributed by atoms with E-state index >= 15 is 0 Å². The number of hydrogen-bond acceptors (Lipinski definition) is 6. The molecule has 0 spiro atoms. The Labute approximate surface area is 200 Å². The van der Waals surface area contributed by atoms with Crippen LogP contribution < -0.4 is 5.32 Å². The first-order chi connectivity index (χ1) is 16.7. The van der Waals surface area contributed by atoms with E-state index in [1.165, 1.54) is 5.56 Å². The molecule has 1 N–H and O–H groups in total. The van der Waals surface area contributed by atoms with Crippen molar-refractivity contribution < 1.29 is 18.7 Å². The topological polar surface area (TPSA) is 76.8 Å². The lowest BCUT2D eigenvalue weighted by molar-refractivity contribution is 0.00166. The highest BCUT2D eigenvalue weighted by atomic mass is 16.5. The maximum absolute atomic E-state index is 13.3. The maximum Gasteiger partial charge on any atom is 0.252 e. The summed E-state index contributed by atoms with van der Waals surface area (Å²) in [7, 11) is 0. The van der Waals surface area contributed by atoms with E-state index in [0.29, 0.717) is 35.2 Å². The van der Waals surface area contributed by atoms with Crippen LogP contribution in [-0.2, 0) is 9.47 Å². The number of nitrogens with one attached hydrogen (secondary N) is 1. The van der Waals surface area contributed by atoms with Gasteiger partial charge >= 0.3 is 0 Å². The molecule has 7 nitrogen and oxygen atoms in total. The molecule has 178 valence electrons. The first kappa shape index (κ1) is 22.8. The summed E-state index contributed by atoms with van der Waals surface area (Å²) in [6.45, 7) is 7.37. The Morgan fingerprint density at radius 3 is 2.65 bits per heavy atom. The molecule has 2 aliphatic heterocycles. The molecule has 7 heteroatoms. The van der Waals surface area contributed by atoms with Crippen LogP contribution in [0.3, 0.4) is 0 Å². The Kier molecular flexibility index (Phi) is 7.04. The van der Waals surface area contributed by atoms with Crippen molar-refractivity contribution in [2.75, 3.05) is 46.1 Å². The molecular weight excluding hydrogens is 430 g/mol. The molecule has 5 rings (SSSR count). The van der Waals surface area contributed by atoms with Gasteiger partial charge in [-0.25, -0.2) is 4.98 Å².